The fourth-order valence-corrected chi connectivity index (χ4v) is 3.83. The maximum absolute atomic E-state index is 6.29. The molecule has 2 aliphatic rings. The van der Waals surface area contributed by atoms with Gasteiger partial charge in [-0.1, -0.05) is 36.8 Å². The molecule has 3 heteroatoms. The summed E-state index contributed by atoms with van der Waals surface area (Å²) >= 11 is 0. The van der Waals surface area contributed by atoms with Gasteiger partial charge in [0, 0.05) is 31.7 Å². The number of fused-ring (bicyclic) bond motifs is 1. The summed E-state index contributed by atoms with van der Waals surface area (Å²) in [7, 11) is 0. The van der Waals surface area contributed by atoms with Crippen molar-refractivity contribution >= 4 is 0 Å². The Bertz CT molecular complexity index is 420. The van der Waals surface area contributed by atoms with E-state index in [2.05, 4.69) is 40.1 Å². The lowest BCUT2D eigenvalue weighted by Crippen LogP contribution is -2.54. The van der Waals surface area contributed by atoms with Gasteiger partial charge in [-0.2, -0.15) is 0 Å². The highest BCUT2D eigenvalue weighted by Crippen LogP contribution is 2.22. The van der Waals surface area contributed by atoms with E-state index in [0.29, 0.717) is 0 Å². The van der Waals surface area contributed by atoms with Crippen LogP contribution in [0.5, 0.6) is 0 Å². The first-order chi connectivity index (χ1) is 10.3. The third-order valence-electron chi connectivity index (χ3n) is 5.14. The van der Waals surface area contributed by atoms with Crippen molar-refractivity contribution in [1.82, 2.24) is 9.80 Å². The predicted molar refractivity (Wildman–Crippen MR) is 88.3 cm³/mol. The van der Waals surface area contributed by atoms with Gasteiger partial charge in [0.05, 0.1) is 0 Å². The summed E-state index contributed by atoms with van der Waals surface area (Å²) in [5.74, 6) is 0. The molecule has 0 aliphatic carbocycles. The maximum atomic E-state index is 6.29. The van der Waals surface area contributed by atoms with Crippen LogP contribution in [0, 0.1) is 0 Å². The molecule has 3 rings (SSSR count). The molecule has 2 N–H and O–H groups in total. The Balaban J connectivity index is 1.39. The van der Waals surface area contributed by atoms with E-state index >= 15 is 0 Å². The molecule has 21 heavy (non-hydrogen) atoms. The summed E-state index contributed by atoms with van der Waals surface area (Å²) in [5, 5.41) is 0. The second-order valence-corrected chi connectivity index (χ2v) is 6.65. The number of hydrogen-bond donors (Lipinski definition) is 1. The van der Waals surface area contributed by atoms with Crippen LogP contribution in [0.2, 0.25) is 0 Å². The van der Waals surface area contributed by atoms with E-state index < -0.39 is 0 Å². The Kier molecular flexibility index (Phi) is 5.28. The van der Waals surface area contributed by atoms with Crippen LogP contribution in [-0.4, -0.2) is 48.6 Å². The summed E-state index contributed by atoms with van der Waals surface area (Å²) in [6, 6.07) is 11.5. The van der Waals surface area contributed by atoms with Crippen LogP contribution in [0.4, 0.5) is 0 Å². The second-order valence-electron chi connectivity index (χ2n) is 6.65. The van der Waals surface area contributed by atoms with E-state index in [4.69, 9.17) is 5.73 Å². The lowest BCUT2D eigenvalue weighted by atomic mass is 9.99. The third-order valence-corrected chi connectivity index (χ3v) is 5.14. The van der Waals surface area contributed by atoms with Crippen LogP contribution in [0.15, 0.2) is 30.3 Å². The van der Waals surface area contributed by atoms with E-state index in [1.54, 1.807) is 0 Å². The molecular weight excluding hydrogens is 258 g/mol. The quantitative estimate of drug-likeness (QED) is 0.903. The van der Waals surface area contributed by atoms with Gasteiger partial charge in [-0.05, 0) is 44.3 Å². The molecule has 0 radical (unpaired) electrons. The highest BCUT2D eigenvalue weighted by molar-refractivity contribution is 5.18. The van der Waals surface area contributed by atoms with Crippen LogP contribution in [-0.2, 0) is 0 Å². The minimum Gasteiger partial charge on any atom is -0.324 e. The Hall–Kier alpha value is -0.900. The van der Waals surface area contributed by atoms with Crippen molar-refractivity contribution < 1.29 is 0 Å². The minimum absolute atomic E-state index is 0.196. The topological polar surface area (TPSA) is 32.5 Å². The van der Waals surface area contributed by atoms with E-state index in [1.165, 1.54) is 64.0 Å². The molecule has 0 saturated carbocycles. The molecule has 2 heterocycles. The molecule has 1 aromatic carbocycles. The van der Waals surface area contributed by atoms with E-state index in [1.807, 2.05) is 0 Å². The van der Waals surface area contributed by atoms with Crippen LogP contribution in [0.25, 0.3) is 0 Å². The van der Waals surface area contributed by atoms with Crippen molar-refractivity contribution in [2.75, 3.05) is 32.7 Å². The normalized spacial score (nSPS) is 25.5. The minimum atomic E-state index is 0.196. The van der Waals surface area contributed by atoms with E-state index in [9.17, 15) is 0 Å². The second kappa shape index (κ2) is 7.39. The third kappa shape index (κ3) is 4.06. The monoisotopic (exact) mass is 287 g/mol. The summed E-state index contributed by atoms with van der Waals surface area (Å²) < 4.78 is 0. The number of piperazine rings is 1. The van der Waals surface area contributed by atoms with Gasteiger partial charge in [-0.15, -0.1) is 0 Å². The first-order valence-electron chi connectivity index (χ1n) is 8.60. The molecule has 3 nitrogen and oxygen atoms in total. The molecule has 1 aromatic rings. The molecule has 2 unspecified atom stereocenters. The van der Waals surface area contributed by atoms with Gasteiger partial charge in [0.2, 0.25) is 0 Å². The Morgan fingerprint density at radius 3 is 2.81 bits per heavy atom. The van der Waals surface area contributed by atoms with Crippen LogP contribution in [0.3, 0.4) is 0 Å². The van der Waals surface area contributed by atoms with Gasteiger partial charge < -0.3 is 10.6 Å². The fourth-order valence-electron chi connectivity index (χ4n) is 3.83. The highest BCUT2D eigenvalue weighted by Gasteiger charge is 2.28. The molecule has 2 fully saturated rings. The standard InChI is InChI=1S/C18H29N3/c19-18(16-7-2-1-3-8-16)10-6-11-20-13-14-21-12-5-4-9-17(21)15-20/h1-3,7-8,17-18H,4-6,9-15,19H2. The molecule has 0 bridgehead atoms. The largest absolute Gasteiger partial charge is 0.324 e. The van der Waals surface area contributed by atoms with E-state index in [0.717, 1.165) is 12.5 Å². The zero-order valence-corrected chi connectivity index (χ0v) is 13.1. The average molecular weight is 287 g/mol. The van der Waals surface area contributed by atoms with Gasteiger partial charge >= 0.3 is 0 Å². The van der Waals surface area contributed by atoms with Crippen molar-refractivity contribution in [3.05, 3.63) is 35.9 Å². The van der Waals surface area contributed by atoms with Crippen LogP contribution in [0.1, 0.15) is 43.7 Å². The molecule has 2 atom stereocenters. The van der Waals surface area contributed by atoms with Gasteiger partial charge in [-0.3, -0.25) is 4.90 Å². The van der Waals surface area contributed by atoms with Gasteiger partial charge in [0.1, 0.15) is 0 Å². The summed E-state index contributed by atoms with van der Waals surface area (Å²) in [6.07, 6.45) is 6.54. The number of benzene rings is 1. The number of nitrogens with zero attached hydrogens (tertiary/aromatic N) is 2. The zero-order valence-electron chi connectivity index (χ0n) is 13.1. The van der Waals surface area contributed by atoms with Crippen molar-refractivity contribution in [2.45, 2.75) is 44.2 Å². The summed E-state index contributed by atoms with van der Waals surface area (Å²) in [6.45, 7) is 6.34. The number of hydrogen-bond acceptors (Lipinski definition) is 3. The zero-order chi connectivity index (χ0) is 14.5. The van der Waals surface area contributed by atoms with Gasteiger partial charge in [0.25, 0.3) is 0 Å². The maximum Gasteiger partial charge on any atom is 0.0295 e. The Morgan fingerprint density at radius 1 is 1.10 bits per heavy atom. The Morgan fingerprint density at radius 2 is 1.95 bits per heavy atom. The molecule has 0 spiro atoms. The lowest BCUT2D eigenvalue weighted by molar-refractivity contribution is 0.0485. The predicted octanol–water partition coefficient (Wildman–Crippen LogP) is 2.64. The number of rotatable bonds is 5. The van der Waals surface area contributed by atoms with Crippen molar-refractivity contribution in [1.29, 1.82) is 0 Å². The molecule has 0 aromatic heterocycles. The van der Waals surface area contributed by atoms with Crippen molar-refractivity contribution in [3.8, 4) is 0 Å². The summed E-state index contributed by atoms with van der Waals surface area (Å²) in [4.78, 5) is 5.36. The summed E-state index contributed by atoms with van der Waals surface area (Å²) in [5.41, 5.74) is 7.56. The van der Waals surface area contributed by atoms with Crippen molar-refractivity contribution in [3.63, 3.8) is 0 Å². The first-order valence-corrected chi connectivity index (χ1v) is 8.60. The SMILES string of the molecule is NC(CCCN1CCN2CCCCC2C1)c1ccccc1. The molecule has 0 amide bonds. The fraction of sp³-hybridized carbons (Fsp3) is 0.667. The van der Waals surface area contributed by atoms with Crippen LogP contribution < -0.4 is 5.73 Å². The van der Waals surface area contributed by atoms with Gasteiger partial charge in [-0.25, -0.2) is 0 Å². The number of piperidine rings is 1. The molecule has 2 saturated heterocycles. The number of nitrogens with two attached hydrogens (primary N) is 1. The molecule has 116 valence electrons. The average Bonchev–Trinajstić information content (AvgIpc) is 2.55. The van der Waals surface area contributed by atoms with Crippen molar-refractivity contribution in [2.24, 2.45) is 5.73 Å². The Labute approximate surface area is 129 Å². The van der Waals surface area contributed by atoms with E-state index in [-0.39, 0.29) is 6.04 Å². The van der Waals surface area contributed by atoms with Crippen LogP contribution >= 0.6 is 0 Å². The first kappa shape index (κ1) is 15.0. The molecular formula is C18H29N3. The van der Waals surface area contributed by atoms with Gasteiger partial charge in [0.15, 0.2) is 0 Å². The highest BCUT2D eigenvalue weighted by atomic mass is 15.3. The molecule has 2 aliphatic heterocycles. The smallest absolute Gasteiger partial charge is 0.0295 e. The lowest BCUT2D eigenvalue weighted by Gasteiger charge is -2.44.